The highest BCUT2D eigenvalue weighted by Crippen LogP contribution is 2.28. The summed E-state index contributed by atoms with van der Waals surface area (Å²) in [5, 5.41) is 5.95. The summed E-state index contributed by atoms with van der Waals surface area (Å²) in [6.07, 6.45) is 0. The minimum atomic E-state index is -0.212. The van der Waals surface area contributed by atoms with Crippen LogP contribution in [0.25, 0.3) is 0 Å². The predicted molar refractivity (Wildman–Crippen MR) is 77.5 cm³/mol. The van der Waals surface area contributed by atoms with E-state index in [0.717, 1.165) is 5.56 Å². The average molecular weight is 286 g/mol. The van der Waals surface area contributed by atoms with E-state index in [1.54, 1.807) is 12.1 Å². The van der Waals surface area contributed by atoms with Crippen LogP contribution in [0.2, 0.25) is 0 Å². The predicted octanol–water partition coefficient (Wildman–Crippen LogP) is 2.45. The van der Waals surface area contributed by atoms with E-state index in [9.17, 15) is 9.18 Å². The molecule has 0 atom stereocenters. The van der Waals surface area contributed by atoms with Gasteiger partial charge in [0.25, 0.3) is 5.91 Å². The first kappa shape index (κ1) is 13.6. The monoisotopic (exact) mass is 286 g/mol. The molecule has 1 aliphatic heterocycles. The van der Waals surface area contributed by atoms with Gasteiger partial charge in [0.2, 0.25) is 0 Å². The first-order valence-electron chi connectivity index (χ1n) is 6.72. The van der Waals surface area contributed by atoms with Gasteiger partial charge in [-0.25, -0.2) is 4.39 Å². The Morgan fingerprint density at radius 1 is 1.19 bits per heavy atom. The van der Waals surface area contributed by atoms with E-state index in [0.29, 0.717) is 30.1 Å². The van der Waals surface area contributed by atoms with Crippen LogP contribution in [0, 0.1) is 5.82 Å². The summed E-state index contributed by atoms with van der Waals surface area (Å²) in [6.45, 7) is 1.09. The smallest absolute Gasteiger partial charge is 0.262 e. The standard InChI is InChI=1S/C16H15FN2O2/c17-13-4-2-1-3-12(13)9-18-8-11-5-6-15-14(7-11)19-16(20)10-21-15/h1-7,18H,8-10H2,(H,19,20). The Balaban J connectivity index is 1.62. The second-order valence-electron chi connectivity index (χ2n) is 4.86. The van der Waals surface area contributed by atoms with Gasteiger partial charge in [0.1, 0.15) is 11.6 Å². The van der Waals surface area contributed by atoms with Gasteiger partial charge in [0, 0.05) is 18.7 Å². The third-order valence-electron chi connectivity index (χ3n) is 3.28. The third kappa shape index (κ3) is 3.20. The highest BCUT2D eigenvalue weighted by molar-refractivity contribution is 5.95. The normalized spacial score (nSPS) is 13.3. The highest BCUT2D eigenvalue weighted by Gasteiger charge is 2.15. The Hall–Kier alpha value is -2.40. The zero-order chi connectivity index (χ0) is 14.7. The number of halogens is 1. The van der Waals surface area contributed by atoms with Crippen molar-refractivity contribution in [3.05, 3.63) is 59.4 Å². The molecule has 108 valence electrons. The maximum absolute atomic E-state index is 13.5. The van der Waals surface area contributed by atoms with Crippen molar-refractivity contribution in [2.75, 3.05) is 11.9 Å². The molecule has 0 bridgehead atoms. The molecule has 5 heteroatoms. The Morgan fingerprint density at radius 3 is 2.90 bits per heavy atom. The lowest BCUT2D eigenvalue weighted by molar-refractivity contribution is -0.118. The van der Waals surface area contributed by atoms with Crippen molar-refractivity contribution in [2.45, 2.75) is 13.1 Å². The van der Waals surface area contributed by atoms with Gasteiger partial charge < -0.3 is 15.4 Å². The molecule has 0 fully saturated rings. The minimum Gasteiger partial charge on any atom is -0.482 e. The number of rotatable bonds is 4. The van der Waals surface area contributed by atoms with Crippen LogP contribution in [0.5, 0.6) is 5.75 Å². The number of carbonyl (C=O) groups is 1. The molecular formula is C16H15FN2O2. The van der Waals surface area contributed by atoms with Crippen LogP contribution in [-0.2, 0) is 17.9 Å². The fraction of sp³-hybridized carbons (Fsp3) is 0.188. The van der Waals surface area contributed by atoms with Gasteiger partial charge in [-0.05, 0) is 23.8 Å². The number of amides is 1. The number of hydrogen-bond donors (Lipinski definition) is 2. The number of benzene rings is 2. The van der Waals surface area contributed by atoms with Crippen molar-refractivity contribution in [1.29, 1.82) is 0 Å². The van der Waals surface area contributed by atoms with Crippen LogP contribution >= 0.6 is 0 Å². The molecule has 3 rings (SSSR count). The van der Waals surface area contributed by atoms with Gasteiger partial charge in [0.05, 0.1) is 5.69 Å². The minimum absolute atomic E-state index is 0.0535. The zero-order valence-electron chi connectivity index (χ0n) is 11.4. The maximum atomic E-state index is 13.5. The molecular weight excluding hydrogens is 271 g/mol. The number of hydrogen-bond acceptors (Lipinski definition) is 3. The van der Waals surface area contributed by atoms with Gasteiger partial charge >= 0.3 is 0 Å². The topological polar surface area (TPSA) is 50.4 Å². The van der Waals surface area contributed by atoms with E-state index in [4.69, 9.17) is 4.74 Å². The molecule has 0 unspecified atom stereocenters. The maximum Gasteiger partial charge on any atom is 0.262 e. The quantitative estimate of drug-likeness (QED) is 0.907. The summed E-state index contributed by atoms with van der Waals surface area (Å²) in [4.78, 5) is 11.3. The number of ether oxygens (including phenoxy) is 1. The Labute approximate surface area is 121 Å². The van der Waals surface area contributed by atoms with E-state index in [2.05, 4.69) is 10.6 Å². The summed E-state index contributed by atoms with van der Waals surface area (Å²) in [6, 6.07) is 12.3. The van der Waals surface area contributed by atoms with E-state index in [1.165, 1.54) is 6.07 Å². The number of anilines is 1. The first-order chi connectivity index (χ1) is 10.2. The lowest BCUT2D eigenvalue weighted by Gasteiger charge is -2.18. The molecule has 2 N–H and O–H groups in total. The fourth-order valence-corrected chi connectivity index (χ4v) is 2.22. The van der Waals surface area contributed by atoms with Gasteiger partial charge in [0.15, 0.2) is 6.61 Å². The van der Waals surface area contributed by atoms with Crippen LogP contribution in [0.3, 0.4) is 0 Å². The van der Waals surface area contributed by atoms with Crippen molar-refractivity contribution in [2.24, 2.45) is 0 Å². The van der Waals surface area contributed by atoms with Gasteiger partial charge in [-0.3, -0.25) is 4.79 Å². The van der Waals surface area contributed by atoms with Crippen molar-refractivity contribution in [1.82, 2.24) is 5.32 Å². The first-order valence-corrected chi connectivity index (χ1v) is 6.72. The summed E-state index contributed by atoms with van der Waals surface area (Å²) in [7, 11) is 0. The molecule has 4 nitrogen and oxygen atoms in total. The van der Waals surface area contributed by atoms with Gasteiger partial charge in [-0.15, -0.1) is 0 Å². The molecule has 2 aromatic rings. The second kappa shape index (κ2) is 5.93. The number of nitrogens with one attached hydrogen (secondary N) is 2. The largest absolute Gasteiger partial charge is 0.482 e. The SMILES string of the molecule is O=C1COc2ccc(CNCc3ccccc3F)cc2N1. The molecule has 0 saturated carbocycles. The number of carbonyl (C=O) groups excluding carboxylic acids is 1. The fourth-order valence-electron chi connectivity index (χ4n) is 2.22. The molecule has 1 amide bonds. The van der Waals surface area contributed by atoms with Crippen LogP contribution in [0.15, 0.2) is 42.5 Å². The summed E-state index contributed by atoms with van der Waals surface area (Å²) >= 11 is 0. The Kier molecular flexibility index (Phi) is 3.83. The average Bonchev–Trinajstić information content (AvgIpc) is 2.49. The van der Waals surface area contributed by atoms with Crippen LogP contribution in [0.4, 0.5) is 10.1 Å². The van der Waals surface area contributed by atoms with Crippen molar-refractivity contribution in [3.63, 3.8) is 0 Å². The van der Waals surface area contributed by atoms with Gasteiger partial charge in [-0.2, -0.15) is 0 Å². The second-order valence-corrected chi connectivity index (χ2v) is 4.86. The zero-order valence-corrected chi connectivity index (χ0v) is 11.4. The van der Waals surface area contributed by atoms with E-state index < -0.39 is 0 Å². The van der Waals surface area contributed by atoms with E-state index in [1.807, 2.05) is 24.3 Å². The Morgan fingerprint density at radius 2 is 2.05 bits per heavy atom. The molecule has 2 aromatic carbocycles. The summed E-state index contributed by atoms with van der Waals surface area (Å²) in [5.74, 6) is 0.308. The molecule has 0 aliphatic carbocycles. The third-order valence-corrected chi connectivity index (χ3v) is 3.28. The van der Waals surface area contributed by atoms with Crippen LogP contribution in [0.1, 0.15) is 11.1 Å². The summed E-state index contributed by atoms with van der Waals surface area (Å²) < 4.78 is 18.8. The molecule has 0 radical (unpaired) electrons. The highest BCUT2D eigenvalue weighted by atomic mass is 19.1. The van der Waals surface area contributed by atoms with E-state index >= 15 is 0 Å². The van der Waals surface area contributed by atoms with Gasteiger partial charge in [-0.1, -0.05) is 24.3 Å². The van der Waals surface area contributed by atoms with Crippen molar-refractivity contribution < 1.29 is 13.9 Å². The van der Waals surface area contributed by atoms with Crippen LogP contribution < -0.4 is 15.4 Å². The Bertz CT molecular complexity index is 673. The summed E-state index contributed by atoms with van der Waals surface area (Å²) in [5.41, 5.74) is 2.31. The van der Waals surface area contributed by atoms with Crippen LogP contribution in [-0.4, -0.2) is 12.5 Å². The lowest BCUT2D eigenvalue weighted by atomic mass is 10.1. The lowest BCUT2D eigenvalue weighted by Crippen LogP contribution is -2.25. The van der Waals surface area contributed by atoms with Crippen molar-refractivity contribution >= 4 is 11.6 Å². The molecule has 0 aromatic heterocycles. The van der Waals surface area contributed by atoms with Crippen molar-refractivity contribution in [3.8, 4) is 5.75 Å². The van der Waals surface area contributed by atoms with E-state index in [-0.39, 0.29) is 18.3 Å². The molecule has 0 saturated heterocycles. The number of fused-ring (bicyclic) bond motifs is 1. The molecule has 1 heterocycles. The molecule has 1 aliphatic rings. The molecule has 0 spiro atoms. The molecule has 21 heavy (non-hydrogen) atoms.